The van der Waals surface area contributed by atoms with Crippen molar-refractivity contribution in [1.82, 2.24) is 0 Å². The molecule has 3 nitrogen and oxygen atoms in total. The van der Waals surface area contributed by atoms with Crippen LogP contribution in [0.1, 0.15) is 10.6 Å². The summed E-state index contributed by atoms with van der Waals surface area (Å²) in [5.74, 6) is -0.147. The van der Waals surface area contributed by atoms with E-state index in [4.69, 9.17) is 4.74 Å². The number of hydrogen-bond donors (Lipinski definition) is 0. The first kappa shape index (κ1) is 11.6. The molecule has 0 saturated carbocycles. The van der Waals surface area contributed by atoms with Crippen LogP contribution in [-0.4, -0.2) is 33.0 Å². The van der Waals surface area contributed by atoms with E-state index in [0.717, 1.165) is 0 Å². The molecule has 0 saturated heterocycles. The summed E-state index contributed by atoms with van der Waals surface area (Å²) in [6.45, 7) is 4.74. The Bertz CT molecular complexity index is 519. The van der Waals surface area contributed by atoms with E-state index in [-0.39, 0.29) is 26.4 Å². The number of nitrogens with zero attached hydrogens (tertiary/aromatic N) is 1. The van der Waals surface area contributed by atoms with E-state index >= 15 is 0 Å². The average Bonchev–Trinajstić information content (AvgIpc) is 2.56. The Hall–Kier alpha value is -0.850. The monoisotopic (exact) mass is 334 g/mol. The van der Waals surface area contributed by atoms with Crippen LogP contribution in [0.5, 0.6) is 0 Å². The Morgan fingerprint density at radius 3 is 2.94 bits per heavy atom. The zero-order valence-electron chi connectivity index (χ0n) is 9.40. The Morgan fingerprint density at radius 1 is 1.44 bits per heavy atom. The van der Waals surface area contributed by atoms with E-state index in [1.807, 2.05) is 13.0 Å². The summed E-state index contributed by atoms with van der Waals surface area (Å²) in [4.78, 5) is 11.5. The van der Waals surface area contributed by atoms with Crippen molar-refractivity contribution in [3.8, 4) is 0 Å². The fourth-order valence-electron chi connectivity index (χ4n) is 1.68. The number of rotatable bonds is 3. The summed E-state index contributed by atoms with van der Waals surface area (Å²) < 4.78 is 9.83. The average molecular weight is 332 g/mol. The van der Waals surface area contributed by atoms with E-state index in [1.165, 1.54) is 12.6 Å². The minimum atomic E-state index is -0.272. The third-order valence-electron chi connectivity index (χ3n) is 2.39. The van der Waals surface area contributed by atoms with Gasteiger partial charge in [-0.2, -0.15) is 0 Å². The van der Waals surface area contributed by atoms with E-state index in [2.05, 4.69) is 29.7 Å². The Balaban J connectivity index is 2.36. The van der Waals surface area contributed by atoms with Gasteiger partial charge in [0.1, 0.15) is 0 Å². The number of carbonyl (C=O) groups excluding carboxylic acids is 1. The predicted molar refractivity (Wildman–Crippen MR) is 62.5 cm³/mol. The number of fused-ring (bicyclic) bond motifs is 1. The number of hydrogen-bond acceptors (Lipinski definition) is 2. The molecule has 4 heteroatoms. The Kier molecular flexibility index (Phi) is 3.62. The predicted octanol–water partition coefficient (Wildman–Crippen LogP) is 1.06. The van der Waals surface area contributed by atoms with Crippen LogP contribution >= 0.6 is 0 Å². The molecule has 0 radical (unpaired) electrons. The van der Waals surface area contributed by atoms with E-state index < -0.39 is 0 Å². The fourth-order valence-corrected chi connectivity index (χ4v) is 4.60. The Labute approximate surface area is 104 Å². The number of para-hydroxylation sites is 1. The van der Waals surface area contributed by atoms with Gasteiger partial charge < -0.3 is 0 Å². The zero-order valence-corrected chi connectivity index (χ0v) is 11.7. The summed E-state index contributed by atoms with van der Waals surface area (Å²) in [5.41, 5.74) is 1.19. The molecule has 1 aromatic heterocycles. The van der Waals surface area contributed by atoms with E-state index in [1.54, 1.807) is 0 Å². The van der Waals surface area contributed by atoms with E-state index in [0.29, 0.717) is 13.2 Å². The molecule has 0 aliphatic carbocycles. The van der Waals surface area contributed by atoms with Crippen LogP contribution in [-0.2, 0) is 16.1 Å². The van der Waals surface area contributed by atoms with Crippen molar-refractivity contribution in [3.05, 3.63) is 28.0 Å². The molecule has 0 unspecified atom stereocenters. The topological polar surface area (TPSA) is 30.2 Å². The van der Waals surface area contributed by atoms with Gasteiger partial charge in [-0.15, -0.1) is 0 Å². The number of aromatic nitrogens is 1. The van der Waals surface area contributed by atoms with Gasteiger partial charge >= 0.3 is 104 Å². The van der Waals surface area contributed by atoms with Gasteiger partial charge in [0.05, 0.1) is 0 Å². The van der Waals surface area contributed by atoms with Gasteiger partial charge in [-0.1, -0.05) is 0 Å². The quantitative estimate of drug-likeness (QED) is 0.478. The van der Waals surface area contributed by atoms with E-state index in [9.17, 15) is 4.79 Å². The third kappa shape index (κ3) is 2.28. The molecule has 1 heterocycles. The van der Waals surface area contributed by atoms with Gasteiger partial charge in [0.25, 0.3) is 0 Å². The first-order valence-corrected chi connectivity index (χ1v) is 7.59. The molecule has 0 aliphatic heterocycles. The second kappa shape index (κ2) is 4.99. The van der Waals surface area contributed by atoms with Crippen molar-refractivity contribution < 1.29 is 14.1 Å². The number of esters is 1. The van der Waals surface area contributed by atoms with Crippen LogP contribution in [0.4, 0.5) is 0 Å². The number of ether oxygens (including phenoxy) is 1. The number of aryl methyl sites for hydroxylation is 1. The number of benzene rings is 1. The number of carbonyl (C=O) groups is 1. The second-order valence-electron chi connectivity index (χ2n) is 3.48. The van der Waals surface area contributed by atoms with Gasteiger partial charge in [0.15, 0.2) is 0 Å². The van der Waals surface area contributed by atoms with Crippen LogP contribution in [0.15, 0.2) is 24.3 Å². The van der Waals surface area contributed by atoms with Gasteiger partial charge in [0.2, 0.25) is 0 Å². The van der Waals surface area contributed by atoms with Crippen molar-refractivity contribution in [2.24, 2.45) is 0 Å². The SMILES string of the molecule is CCOC(=O)C[n+]1c(C)[te]c2ccccc21. The van der Waals surface area contributed by atoms with Gasteiger partial charge in [0, 0.05) is 0 Å². The van der Waals surface area contributed by atoms with Crippen LogP contribution in [0.25, 0.3) is 8.92 Å². The summed E-state index contributed by atoms with van der Waals surface area (Å²) in [6.07, 6.45) is 0. The molecule has 0 spiro atoms. The summed E-state index contributed by atoms with van der Waals surface area (Å²) in [5, 5.41) is 0. The molecule has 0 N–H and O–H groups in total. The van der Waals surface area contributed by atoms with Crippen molar-refractivity contribution >= 4 is 35.3 Å². The molecular formula is C12H14NO2Te+. The van der Waals surface area contributed by atoms with Gasteiger partial charge in [-0.3, -0.25) is 0 Å². The molecule has 0 amide bonds. The van der Waals surface area contributed by atoms with Crippen molar-refractivity contribution in [2.75, 3.05) is 6.61 Å². The third-order valence-corrected chi connectivity index (χ3v) is 5.47. The van der Waals surface area contributed by atoms with Crippen LogP contribution in [0, 0.1) is 6.92 Å². The molecule has 0 fully saturated rings. The van der Waals surface area contributed by atoms with Crippen LogP contribution in [0.3, 0.4) is 0 Å². The maximum atomic E-state index is 11.5. The van der Waals surface area contributed by atoms with Gasteiger partial charge in [-0.05, 0) is 0 Å². The van der Waals surface area contributed by atoms with Crippen molar-refractivity contribution in [2.45, 2.75) is 20.4 Å². The minimum absolute atomic E-state index is 0.147. The normalized spacial score (nSPS) is 10.6. The molecule has 0 aliphatic rings. The molecule has 2 aromatic rings. The molecule has 1 aromatic carbocycles. The summed E-state index contributed by atoms with van der Waals surface area (Å²) >= 11 is -0.272. The van der Waals surface area contributed by atoms with Crippen molar-refractivity contribution in [1.29, 1.82) is 0 Å². The standard InChI is InChI=1S/C12H14NO2Te/c1-3-15-12(14)8-13-9(2)16-11-7-5-4-6-10(11)13/h4-7H,3,8H2,1-2H3/q+1. The summed E-state index contributed by atoms with van der Waals surface area (Å²) in [7, 11) is 0. The molecule has 84 valence electrons. The Morgan fingerprint density at radius 2 is 2.19 bits per heavy atom. The second-order valence-corrected chi connectivity index (χ2v) is 7.00. The molecule has 16 heavy (non-hydrogen) atoms. The van der Waals surface area contributed by atoms with Crippen LogP contribution < -0.4 is 4.57 Å². The van der Waals surface area contributed by atoms with Crippen LogP contribution in [0.2, 0.25) is 0 Å². The van der Waals surface area contributed by atoms with Crippen molar-refractivity contribution in [3.63, 3.8) is 0 Å². The molecule has 0 bridgehead atoms. The summed E-state index contributed by atoms with van der Waals surface area (Å²) in [6, 6.07) is 8.31. The zero-order chi connectivity index (χ0) is 11.5. The van der Waals surface area contributed by atoms with Gasteiger partial charge in [-0.25, -0.2) is 0 Å². The molecular weight excluding hydrogens is 318 g/mol. The first-order chi connectivity index (χ1) is 7.72. The maximum absolute atomic E-state index is 11.5. The fraction of sp³-hybridized carbons (Fsp3) is 0.333. The first-order valence-electron chi connectivity index (χ1n) is 5.26. The molecule has 0 atom stereocenters. The molecule has 2 rings (SSSR count).